The summed E-state index contributed by atoms with van der Waals surface area (Å²) in [4.78, 5) is 4.76. The minimum atomic E-state index is 0.960. The Labute approximate surface area is 119 Å². The molecule has 3 aromatic rings. The number of hydrogen-bond donors (Lipinski definition) is 0. The summed E-state index contributed by atoms with van der Waals surface area (Å²) in [6, 6.07) is 8.39. The predicted molar refractivity (Wildman–Crippen MR) is 80.6 cm³/mol. The van der Waals surface area contributed by atoms with E-state index in [0.717, 1.165) is 31.3 Å². The summed E-state index contributed by atoms with van der Waals surface area (Å²) in [6.45, 7) is 3.16. The number of aromatic nitrogens is 4. The van der Waals surface area contributed by atoms with E-state index < -0.39 is 0 Å². The van der Waals surface area contributed by atoms with Crippen LogP contribution in [0.1, 0.15) is 24.7 Å². The second kappa shape index (κ2) is 5.49. The molecule has 0 spiro atoms. The van der Waals surface area contributed by atoms with Crippen LogP contribution < -0.4 is 0 Å². The summed E-state index contributed by atoms with van der Waals surface area (Å²) >= 11 is 0. The van der Waals surface area contributed by atoms with E-state index in [1.54, 1.807) is 0 Å². The zero-order chi connectivity index (χ0) is 13.9. The van der Waals surface area contributed by atoms with Gasteiger partial charge in [-0.3, -0.25) is 4.68 Å². The van der Waals surface area contributed by atoms with E-state index in [2.05, 4.69) is 47.1 Å². The number of aryl methyl sites for hydroxylation is 4. The van der Waals surface area contributed by atoms with Crippen LogP contribution in [0.25, 0.3) is 11.0 Å². The van der Waals surface area contributed by atoms with E-state index in [1.807, 2.05) is 17.9 Å². The summed E-state index contributed by atoms with van der Waals surface area (Å²) in [5.41, 5.74) is 3.61. The highest BCUT2D eigenvalue weighted by Crippen LogP contribution is 2.18. The first-order valence-corrected chi connectivity index (χ1v) is 7.19. The third-order valence-corrected chi connectivity index (χ3v) is 3.59. The quantitative estimate of drug-likeness (QED) is 0.713. The molecule has 2 aromatic heterocycles. The van der Waals surface area contributed by atoms with Crippen LogP contribution in [-0.4, -0.2) is 19.3 Å². The van der Waals surface area contributed by atoms with E-state index in [9.17, 15) is 0 Å². The second-order valence-electron chi connectivity index (χ2n) is 5.19. The average molecular weight is 268 g/mol. The van der Waals surface area contributed by atoms with Crippen molar-refractivity contribution in [3.8, 4) is 0 Å². The highest BCUT2D eigenvalue weighted by atomic mass is 15.2. The molecule has 0 unspecified atom stereocenters. The van der Waals surface area contributed by atoms with Gasteiger partial charge in [0.2, 0.25) is 0 Å². The normalized spacial score (nSPS) is 11.3. The molecule has 0 aliphatic rings. The Kier molecular flexibility index (Phi) is 3.54. The standard InChI is InChI=1S/C16H20N4/c1-3-6-16-18-14-7-4-5-8-15(14)20(16)10-9-13-11-17-19(2)12-13/h4-5,7-8,11-12H,3,6,9-10H2,1-2H3. The van der Waals surface area contributed by atoms with E-state index in [0.29, 0.717) is 0 Å². The van der Waals surface area contributed by atoms with Gasteiger partial charge in [0.25, 0.3) is 0 Å². The summed E-state index contributed by atoms with van der Waals surface area (Å²) in [7, 11) is 1.96. The molecule has 4 nitrogen and oxygen atoms in total. The van der Waals surface area contributed by atoms with Gasteiger partial charge in [-0.1, -0.05) is 19.1 Å². The molecule has 2 heterocycles. The first-order chi connectivity index (χ1) is 9.78. The van der Waals surface area contributed by atoms with Crippen LogP contribution in [0.2, 0.25) is 0 Å². The monoisotopic (exact) mass is 268 g/mol. The van der Waals surface area contributed by atoms with Gasteiger partial charge in [-0.05, 0) is 30.5 Å². The molecule has 0 aliphatic carbocycles. The smallest absolute Gasteiger partial charge is 0.109 e. The fourth-order valence-electron chi connectivity index (χ4n) is 2.63. The summed E-state index contributed by atoms with van der Waals surface area (Å²) in [6.07, 6.45) is 7.17. The van der Waals surface area contributed by atoms with Gasteiger partial charge < -0.3 is 4.57 Å². The zero-order valence-corrected chi connectivity index (χ0v) is 12.1. The number of nitrogens with zero attached hydrogens (tertiary/aromatic N) is 4. The summed E-state index contributed by atoms with van der Waals surface area (Å²) in [5, 5.41) is 4.23. The van der Waals surface area contributed by atoms with Crippen LogP contribution in [0.4, 0.5) is 0 Å². The van der Waals surface area contributed by atoms with E-state index in [1.165, 1.54) is 16.9 Å². The zero-order valence-electron chi connectivity index (χ0n) is 12.1. The SMILES string of the molecule is CCCc1nc2ccccc2n1CCc1cnn(C)c1. The van der Waals surface area contributed by atoms with Crippen LogP contribution in [0.5, 0.6) is 0 Å². The Morgan fingerprint density at radius 1 is 1.15 bits per heavy atom. The molecular formula is C16H20N4. The molecule has 104 valence electrons. The molecule has 0 radical (unpaired) electrons. The van der Waals surface area contributed by atoms with Gasteiger partial charge in [0, 0.05) is 26.2 Å². The molecule has 0 fully saturated rings. The third-order valence-electron chi connectivity index (χ3n) is 3.59. The first kappa shape index (κ1) is 12.9. The van der Waals surface area contributed by atoms with Gasteiger partial charge in [-0.15, -0.1) is 0 Å². The minimum Gasteiger partial charge on any atom is -0.328 e. The van der Waals surface area contributed by atoms with Crippen molar-refractivity contribution in [2.24, 2.45) is 7.05 Å². The lowest BCUT2D eigenvalue weighted by Gasteiger charge is -2.07. The fraction of sp³-hybridized carbons (Fsp3) is 0.375. The third kappa shape index (κ3) is 2.46. The number of hydrogen-bond acceptors (Lipinski definition) is 2. The van der Waals surface area contributed by atoms with E-state index in [4.69, 9.17) is 4.98 Å². The number of rotatable bonds is 5. The number of para-hydroxylation sites is 2. The topological polar surface area (TPSA) is 35.6 Å². The number of fused-ring (bicyclic) bond motifs is 1. The molecular weight excluding hydrogens is 248 g/mol. The van der Waals surface area contributed by atoms with Crippen molar-refractivity contribution in [3.05, 3.63) is 48.0 Å². The fourth-order valence-corrected chi connectivity index (χ4v) is 2.63. The molecule has 0 amide bonds. The Morgan fingerprint density at radius 3 is 2.75 bits per heavy atom. The van der Waals surface area contributed by atoms with Crippen molar-refractivity contribution < 1.29 is 0 Å². The van der Waals surface area contributed by atoms with Crippen molar-refractivity contribution in [1.82, 2.24) is 19.3 Å². The molecule has 0 N–H and O–H groups in total. The van der Waals surface area contributed by atoms with E-state index >= 15 is 0 Å². The van der Waals surface area contributed by atoms with Gasteiger partial charge in [0.15, 0.2) is 0 Å². The van der Waals surface area contributed by atoms with E-state index in [-0.39, 0.29) is 0 Å². The summed E-state index contributed by atoms with van der Waals surface area (Å²) in [5.74, 6) is 1.19. The molecule has 4 heteroatoms. The van der Waals surface area contributed by atoms with Crippen molar-refractivity contribution in [2.45, 2.75) is 32.7 Å². The molecule has 3 rings (SSSR count). The van der Waals surface area contributed by atoms with Gasteiger partial charge >= 0.3 is 0 Å². The Hall–Kier alpha value is -2.10. The Balaban J connectivity index is 1.90. The predicted octanol–water partition coefficient (Wildman–Crippen LogP) is 2.97. The van der Waals surface area contributed by atoms with Gasteiger partial charge in [-0.25, -0.2) is 4.98 Å². The maximum atomic E-state index is 4.76. The molecule has 0 saturated carbocycles. The van der Waals surface area contributed by atoms with Crippen LogP contribution in [-0.2, 0) is 26.4 Å². The molecule has 0 aliphatic heterocycles. The van der Waals surface area contributed by atoms with Crippen molar-refractivity contribution in [1.29, 1.82) is 0 Å². The maximum Gasteiger partial charge on any atom is 0.109 e. The lowest BCUT2D eigenvalue weighted by molar-refractivity contribution is 0.658. The van der Waals surface area contributed by atoms with Crippen LogP contribution in [0.3, 0.4) is 0 Å². The molecule has 0 saturated heterocycles. The molecule has 20 heavy (non-hydrogen) atoms. The largest absolute Gasteiger partial charge is 0.328 e. The minimum absolute atomic E-state index is 0.960. The lowest BCUT2D eigenvalue weighted by Crippen LogP contribution is -2.06. The van der Waals surface area contributed by atoms with Crippen LogP contribution in [0, 0.1) is 0 Å². The van der Waals surface area contributed by atoms with Crippen molar-refractivity contribution in [2.75, 3.05) is 0 Å². The van der Waals surface area contributed by atoms with Crippen LogP contribution >= 0.6 is 0 Å². The number of imidazole rings is 1. The average Bonchev–Trinajstić information content (AvgIpc) is 3.00. The van der Waals surface area contributed by atoms with Gasteiger partial charge in [0.05, 0.1) is 17.2 Å². The highest BCUT2D eigenvalue weighted by Gasteiger charge is 2.09. The van der Waals surface area contributed by atoms with Gasteiger partial charge in [0.1, 0.15) is 5.82 Å². The molecule has 1 aromatic carbocycles. The van der Waals surface area contributed by atoms with Crippen LogP contribution in [0.15, 0.2) is 36.7 Å². The first-order valence-electron chi connectivity index (χ1n) is 7.19. The Morgan fingerprint density at radius 2 is 2.00 bits per heavy atom. The highest BCUT2D eigenvalue weighted by molar-refractivity contribution is 5.75. The maximum absolute atomic E-state index is 4.76. The van der Waals surface area contributed by atoms with Crippen molar-refractivity contribution in [3.63, 3.8) is 0 Å². The van der Waals surface area contributed by atoms with Gasteiger partial charge in [-0.2, -0.15) is 5.10 Å². The lowest BCUT2D eigenvalue weighted by atomic mass is 10.2. The Bertz CT molecular complexity index is 708. The second-order valence-corrected chi connectivity index (χ2v) is 5.19. The molecule has 0 atom stereocenters. The summed E-state index contributed by atoms with van der Waals surface area (Å²) < 4.78 is 4.21. The van der Waals surface area contributed by atoms with Crippen molar-refractivity contribution >= 4 is 11.0 Å². The molecule has 0 bridgehead atoms. The number of benzene rings is 1.